The average molecular weight is 550 g/mol. The highest BCUT2D eigenvalue weighted by Crippen LogP contribution is 2.21. The first-order chi connectivity index (χ1) is 13.3. The number of thiophene rings is 1. The van der Waals surface area contributed by atoms with Crippen LogP contribution in [0.25, 0.3) is 0 Å². The molecule has 160 valence electrons. The van der Waals surface area contributed by atoms with Crippen molar-refractivity contribution in [2.75, 3.05) is 13.6 Å². The fourth-order valence-corrected chi connectivity index (χ4v) is 5.12. The topological polar surface area (TPSA) is 99.8 Å². The van der Waals surface area contributed by atoms with Gasteiger partial charge in [0, 0.05) is 37.1 Å². The Morgan fingerprint density at radius 1 is 1.28 bits per heavy atom. The summed E-state index contributed by atoms with van der Waals surface area (Å²) in [7, 11) is -1.91. The number of benzene rings is 1. The average Bonchev–Trinajstić information content (AvgIpc) is 3.26. The lowest BCUT2D eigenvalue weighted by Crippen LogP contribution is -2.44. The third-order valence-electron chi connectivity index (χ3n) is 4.84. The fraction of sp³-hybridized carbons (Fsp3) is 0.421. The van der Waals surface area contributed by atoms with E-state index < -0.39 is 10.0 Å². The van der Waals surface area contributed by atoms with Gasteiger partial charge in [0.05, 0.1) is 6.54 Å². The van der Waals surface area contributed by atoms with Crippen molar-refractivity contribution >= 4 is 51.3 Å². The molecular formula is C19H28IN5O2S2. The molecule has 2 atom stereocenters. The second-order valence-corrected chi connectivity index (χ2v) is 9.99. The van der Waals surface area contributed by atoms with Crippen LogP contribution in [0, 0.1) is 0 Å². The van der Waals surface area contributed by atoms with Gasteiger partial charge in [0.25, 0.3) is 0 Å². The highest BCUT2D eigenvalue weighted by atomic mass is 127. The quantitative estimate of drug-likeness (QED) is 0.292. The zero-order chi connectivity index (χ0) is 20.1. The fourth-order valence-electron chi connectivity index (χ4n) is 3.41. The van der Waals surface area contributed by atoms with E-state index in [1.165, 1.54) is 23.0 Å². The number of rotatable bonds is 6. The summed E-state index contributed by atoms with van der Waals surface area (Å²) in [6, 6.07) is 14.6. The van der Waals surface area contributed by atoms with E-state index in [1.807, 2.05) is 6.07 Å². The third-order valence-corrected chi connectivity index (χ3v) is 7.37. The van der Waals surface area contributed by atoms with Gasteiger partial charge in [0.15, 0.2) is 5.96 Å². The molecule has 0 aliphatic carbocycles. The maximum Gasteiger partial charge on any atom is 0.247 e. The van der Waals surface area contributed by atoms with Crippen molar-refractivity contribution in [3.05, 3.63) is 52.9 Å². The van der Waals surface area contributed by atoms with Gasteiger partial charge in [-0.2, -0.15) is 0 Å². The molecule has 2 heterocycles. The first-order valence-electron chi connectivity index (χ1n) is 9.22. The van der Waals surface area contributed by atoms with Crippen molar-refractivity contribution in [1.29, 1.82) is 0 Å². The number of likely N-dealkylation sites (tertiary alicyclic amines) is 1. The molecule has 29 heavy (non-hydrogen) atoms. The lowest BCUT2D eigenvalue weighted by molar-refractivity contribution is 0.258. The van der Waals surface area contributed by atoms with Crippen molar-refractivity contribution in [3.8, 4) is 0 Å². The van der Waals surface area contributed by atoms with Crippen molar-refractivity contribution in [2.45, 2.75) is 42.7 Å². The van der Waals surface area contributed by atoms with E-state index in [-0.39, 0.29) is 28.2 Å². The van der Waals surface area contributed by atoms with Crippen molar-refractivity contribution in [2.24, 2.45) is 10.1 Å². The largest absolute Gasteiger partial charge is 0.352 e. The molecule has 4 N–H and O–H groups in total. The van der Waals surface area contributed by atoms with Gasteiger partial charge in [-0.25, -0.2) is 13.6 Å². The van der Waals surface area contributed by atoms with Crippen LogP contribution in [0.1, 0.15) is 23.8 Å². The highest BCUT2D eigenvalue weighted by molar-refractivity contribution is 14.0. The van der Waals surface area contributed by atoms with Gasteiger partial charge >= 0.3 is 0 Å². The molecule has 10 heteroatoms. The Morgan fingerprint density at radius 3 is 2.62 bits per heavy atom. The molecule has 2 unspecified atom stereocenters. The molecular weight excluding hydrogens is 521 g/mol. The van der Waals surface area contributed by atoms with E-state index in [0.717, 1.165) is 24.4 Å². The van der Waals surface area contributed by atoms with Crippen molar-refractivity contribution < 1.29 is 8.42 Å². The van der Waals surface area contributed by atoms with E-state index in [4.69, 9.17) is 5.14 Å². The number of nitrogens with zero attached hydrogens (tertiary/aromatic N) is 2. The summed E-state index contributed by atoms with van der Waals surface area (Å²) >= 11 is 1.17. The molecule has 0 amide bonds. The molecule has 1 saturated heterocycles. The Hall–Kier alpha value is -1.21. The molecule has 0 radical (unpaired) electrons. The standard InChI is InChI=1S/C19H27N5O2S2.HI/c1-14-10-16(13-24(14)12-15-6-4-3-5-7-15)23-19(21-2)22-11-17-8-9-18(27-17)28(20,25)26;/h3-9,14,16H,10-13H2,1-2H3,(H2,20,25,26)(H2,21,22,23);1H. The van der Waals surface area contributed by atoms with Crippen LogP contribution in [0.5, 0.6) is 0 Å². The highest BCUT2D eigenvalue weighted by Gasteiger charge is 2.29. The maximum atomic E-state index is 11.4. The third kappa shape index (κ3) is 6.92. The minimum Gasteiger partial charge on any atom is -0.352 e. The minimum atomic E-state index is -3.64. The molecule has 0 bridgehead atoms. The van der Waals surface area contributed by atoms with E-state index in [0.29, 0.717) is 24.6 Å². The lowest BCUT2D eigenvalue weighted by atomic mass is 10.2. The van der Waals surface area contributed by atoms with Gasteiger partial charge in [-0.15, -0.1) is 35.3 Å². The van der Waals surface area contributed by atoms with Crippen LogP contribution < -0.4 is 15.8 Å². The van der Waals surface area contributed by atoms with Gasteiger partial charge < -0.3 is 10.6 Å². The van der Waals surface area contributed by atoms with Crippen molar-refractivity contribution in [3.63, 3.8) is 0 Å². The molecule has 1 aliphatic rings. The number of guanidine groups is 1. The normalized spacial score (nSPS) is 20.3. The minimum absolute atomic E-state index is 0. The van der Waals surface area contributed by atoms with Gasteiger partial charge in [-0.05, 0) is 31.0 Å². The van der Waals surface area contributed by atoms with E-state index in [9.17, 15) is 8.42 Å². The second-order valence-electron chi connectivity index (χ2n) is 7.03. The number of primary sulfonamides is 1. The maximum absolute atomic E-state index is 11.4. The molecule has 1 aromatic carbocycles. The Kier molecular flexibility index (Phi) is 8.89. The predicted molar refractivity (Wildman–Crippen MR) is 129 cm³/mol. The van der Waals surface area contributed by atoms with Crippen molar-refractivity contribution in [1.82, 2.24) is 15.5 Å². The summed E-state index contributed by atoms with van der Waals surface area (Å²) in [5, 5.41) is 11.9. The smallest absolute Gasteiger partial charge is 0.247 e. The van der Waals surface area contributed by atoms with E-state index in [2.05, 4.69) is 51.7 Å². The molecule has 1 fully saturated rings. The zero-order valence-corrected chi connectivity index (χ0v) is 20.5. The summed E-state index contributed by atoms with van der Waals surface area (Å²) < 4.78 is 23.0. The summed E-state index contributed by atoms with van der Waals surface area (Å²) in [6.45, 7) is 4.64. The number of nitrogens with two attached hydrogens (primary N) is 1. The number of aliphatic imine (C=N–C) groups is 1. The molecule has 3 rings (SSSR count). The zero-order valence-electron chi connectivity index (χ0n) is 16.5. The SMILES string of the molecule is CN=C(NCc1ccc(S(N)(=O)=O)s1)NC1CC(C)N(Cc2ccccc2)C1.I. The first-order valence-corrected chi connectivity index (χ1v) is 11.6. The van der Waals surface area contributed by atoms with Crippen LogP contribution in [0.15, 0.2) is 51.7 Å². The van der Waals surface area contributed by atoms with Crippen LogP contribution in [0.2, 0.25) is 0 Å². The van der Waals surface area contributed by atoms with Gasteiger partial charge in [0.2, 0.25) is 10.0 Å². The number of halogens is 1. The van der Waals surface area contributed by atoms with E-state index in [1.54, 1.807) is 13.1 Å². The molecule has 2 aromatic rings. The molecule has 1 aromatic heterocycles. The van der Waals surface area contributed by atoms with Gasteiger partial charge in [0.1, 0.15) is 4.21 Å². The summed E-state index contributed by atoms with van der Waals surface area (Å²) in [4.78, 5) is 7.65. The van der Waals surface area contributed by atoms with Gasteiger partial charge in [-0.3, -0.25) is 9.89 Å². The lowest BCUT2D eigenvalue weighted by Gasteiger charge is -2.21. The monoisotopic (exact) mass is 549 g/mol. The Labute approximate surface area is 193 Å². The predicted octanol–water partition coefficient (Wildman–Crippen LogP) is 2.34. The van der Waals surface area contributed by atoms with Crippen LogP contribution in [-0.2, 0) is 23.1 Å². The Bertz CT molecular complexity index is 918. The van der Waals surface area contributed by atoms with Gasteiger partial charge in [-0.1, -0.05) is 30.3 Å². The van der Waals surface area contributed by atoms with Crippen LogP contribution in [0.4, 0.5) is 0 Å². The second kappa shape index (κ2) is 10.7. The Morgan fingerprint density at radius 2 is 2.00 bits per heavy atom. The molecule has 0 saturated carbocycles. The number of sulfonamides is 1. The van der Waals surface area contributed by atoms with E-state index >= 15 is 0 Å². The molecule has 7 nitrogen and oxygen atoms in total. The Balaban J connectivity index is 0.00000300. The summed E-state index contributed by atoms with van der Waals surface area (Å²) in [5.41, 5.74) is 1.32. The van der Waals surface area contributed by atoms with Crippen LogP contribution >= 0.6 is 35.3 Å². The van der Waals surface area contributed by atoms with Crippen LogP contribution in [-0.4, -0.2) is 45.0 Å². The van der Waals surface area contributed by atoms with Crippen LogP contribution in [0.3, 0.4) is 0 Å². The number of hydrogen-bond acceptors (Lipinski definition) is 5. The summed E-state index contributed by atoms with van der Waals surface area (Å²) in [5.74, 6) is 0.712. The molecule has 0 spiro atoms. The molecule has 1 aliphatic heterocycles. The first kappa shape index (κ1) is 24.1. The number of nitrogens with one attached hydrogen (secondary N) is 2. The summed E-state index contributed by atoms with van der Waals surface area (Å²) in [6.07, 6.45) is 1.04. The number of hydrogen-bond donors (Lipinski definition) is 3.